The van der Waals surface area contributed by atoms with E-state index in [9.17, 15) is 4.79 Å². The lowest BCUT2D eigenvalue weighted by molar-refractivity contribution is 0.0722. The molecule has 0 aliphatic rings. The molecule has 1 N–H and O–H groups in total. The maximum atomic E-state index is 12.3. The highest BCUT2D eigenvalue weighted by Gasteiger charge is 2.15. The Morgan fingerprint density at radius 3 is 2.52 bits per heavy atom. The first kappa shape index (κ1) is 15.2. The van der Waals surface area contributed by atoms with Crippen LogP contribution in [-0.2, 0) is 0 Å². The fraction of sp³-hybridized carbons (Fsp3) is 0.400. The summed E-state index contributed by atoms with van der Waals surface area (Å²) < 4.78 is 5.09. The lowest BCUT2D eigenvalue weighted by Crippen LogP contribution is -2.34. The van der Waals surface area contributed by atoms with Crippen molar-refractivity contribution >= 4 is 5.91 Å². The van der Waals surface area contributed by atoms with Gasteiger partial charge in [0.2, 0.25) is 0 Å². The monoisotopic (exact) mass is 289 g/mol. The third-order valence-electron chi connectivity index (χ3n) is 3.06. The molecule has 0 saturated heterocycles. The van der Waals surface area contributed by atoms with E-state index in [1.54, 1.807) is 36.1 Å². The molecule has 1 heterocycles. The fourth-order valence-corrected chi connectivity index (χ4v) is 2.06. The number of aliphatic hydroxyl groups excluding tert-OH is 1. The lowest BCUT2D eigenvalue weighted by Gasteiger charge is -2.21. The molecule has 21 heavy (non-hydrogen) atoms. The van der Waals surface area contributed by atoms with E-state index in [0.29, 0.717) is 30.4 Å². The SMILES string of the molecule is CCCN(CCO)C(=O)c1ccc(-c2nc(C)no2)cc1. The molecule has 2 aromatic rings. The zero-order chi connectivity index (χ0) is 15.2. The van der Waals surface area contributed by atoms with Gasteiger partial charge in [0.25, 0.3) is 11.8 Å². The van der Waals surface area contributed by atoms with Crippen molar-refractivity contribution in [2.75, 3.05) is 19.7 Å². The Kier molecular flexibility index (Phi) is 5.05. The molecule has 0 bridgehead atoms. The number of carbonyl (C=O) groups is 1. The van der Waals surface area contributed by atoms with Gasteiger partial charge in [-0.15, -0.1) is 0 Å². The van der Waals surface area contributed by atoms with Gasteiger partial charge in [0.05, 0.1) is 6.61 Å². The molecular formula is C15H19N3O3. The van der Waals surface area contributed by atoms with Crippen molar-refractivity contribution in [1.29, 1.82) is 0 Å². The third-order valence-corrected chi connectivity index (χ3v) is 3.06. The van der Waals surface area contributed by atoms with Crippen LogP contribution in [0.3, 0.4) is 0 Å². The van der Waals surface area contributed by atoms with E-state index in [-0.39, 0.29) is 12.5 Å². The topological polar surface area (TPSA) is 79.5 Å². The summed E-state index contributed by atoms with van der Waals surface area (Å²) in [6, 6.07) is 7.03. The largest absolute Gasteiger partial charge is 0.395 e. The Hall–Kier alpha value is -2.21. The molecule has 0 spiro atoms. The Bertz CT molecular complexity index is 586. The number of carbonyl (C=O) groups excluding carboxylic acids is 1. The average Bonchev–Trinajstić information content (AvgIpc) is 2.93. The van der Waals surface area contributed by atoms with Gasteiger partial charge in [0.1, 0.15) is 0 Å². The van der Waals surface area contributed by atoms with Crippen molar-refractivity contribution in [2.24, 2.45) is 0 Å². The van der Waals surface area contributed by atoms with Crippen molar-refractivity contribution in [3.63, 3.8) is 0 Å². The van der Waals surface area contributed by atoms with Gasteiger partial charge < -0.3 is 14.5 Å². The second-order valence-corrected chi connectivity index (χ2v) is 4.74. The van der Waals surface area contributed by atoms with Gasteiger partial charge in [0, 0.05) is 24.2 Å². The quantitative estimate of drug-likeness (QED) is 0.878. The van der Waals surface area contributed by atoms with Crippen LogP contribution in [0.1, 0.15) is 29.5 Å². The number of aryl methyl sites for hydroxylation is 1. The number of hydrogen-bond acceptors (Lipinski definition) is 5. The summed E-state index contributed by atoms with van der Waals surface area (Å²) in [6.07, 6.45) is 0.852. The summed E-state index contributed by atoms with van der Waals surface area (Å²) in [5.74, 6) is 0.925. The normalized spacial score (nSPS) is 10.6. The van der Waals surface area contributed by atoms with Crippen LogP contribution in [-0.4, -0.2) is 45.8 Å². The van der Waals surface area contributed by atoms with Gasteiger partial charge >= 0.3 is 0 Å². The molecule has 1 aromatic carbocycles. The second-order valence-electron chi connectivity index (χ2n) is 4.74. The van der Waals surface area contributed by atoms with Gasteiger partial charge in [-0.05, 0) is 37.6 Å². The van der Waals surface area contributed by atoms with Crippen LogP contribution in [0.2, 0.25) is 0 Å². The molecule has 0 radical (unpaired) electrons. The number of aliphatic hydroxyl groups is 1. The van der Waals surface area contributed by atoms with Crippen LogP contribution >= 0.6 is 0 Å². The molecule has 0 atom stereocenters. The van der Waals surface area contributed by atoms with Crippen molar-refractivity contribution in [3.05, 3.63) is 35.7 Å². The van der Waals surface area contributed by atoms with Gasteiger partial charge in [-0.25, -0.2) is 0 Å². The van der Waals surface area contributed by atoms with E-state index < -0.39 is 0 Å². The zero-order valence-electron chi connectivity index (χ0n) is 12.2. The predicted molar refractivity (Wildman–Crippen MR) is 77.8 cm³/mol. The number of aromatic nitrogens is 2. The van der Waals surface area contributed by atoms with E-state index in [4.69, 9.17) is 9.63 Å². The van der Waals surface area contributed by atoms with Crippen molar-refractivity contribution in [3.8, 4) is 11.5 Å². The Balaban J connectivity index is 2.15. The van der Waals surface area contributed by atoms with Gasteiger partial charge in [-0.2, -0.15) is 4.98 Å². The Labute approximate surface area is 123 Å². The van der Waals surface area contributed by atoms with Gasteiger partial charge in [-0.1, -0.05) is 12.1 Å². The molecular weight excluding hydrogens is 270 g/mol. The van der Waals surface area contributed by atoms with Gasteiger partial charge in [-0.3, -0.25) is 4.79 Å². The molecule has 1 aromatic heterocycles. The molecule has 0 fully saturated rings. The smallest absolute Gasteiger partial charge is 0.257 e. The maximum Gasteiger partial charge on any atom is 0.257 e. The summed E-state index contributed by atoms with van der Waals surface area (Å²) in [5, 5.41) is 12.8. The number of nitrogens with zero attached hydrogens (tertiary/aromatic N) is 3. The van der Waals surface area contributed by atoms with Crippen molar-refractivity contribution < 1.29 is 14.4 Å². The van der Waals surface area contributed by atoms with E-state index in [0.717, 1.165) is 12.0 Å². The average molecular weight is 289 g/mol. The minimum atomic E-state index is -0.0841. The maximum absolute atomic E-state index is 12.3. The summed E-state index contributed by atoms with van der Waals surface area (Å²) in [4.78, 5) is 18.1. The molecule has 1 amide bonds. The number of amides is 1. The summed E-state index contributed by atoms with van der Waals surface area (Å²) >= 11 is 0. The first-order valence-corrected chi connectivity index (χ1v) is 6.96. The number of rotatable bonds is 6. The molecule has 112 valence electrons. The second kappa shape index (κ2) is 6.99. The molecule has 0 unspecified atom stereocenters. The summed E-state index contributed by atoms with van der Waals surface area (Å²) in [5.41, 5.74) is 1.35. The number of hydrogen-bond donors (Lipinski definition) is 1. The van der Waals surface area contributed by atoms with Crippen LogP contribution in [0.15, 0.2) is 28.8 Å². The van der Waals surface area contributed by atoms with E-state index in [2.05, 4.69) is 10.1 Å². The number of benzene rings is 1. The van der Waals surface area contributed by atoms with E-state index in [1.807, 2.05) is 6.92 Å². The molecule has 0 saturated carbocycles. The van der Waals surface area contributed by atoms with Crippen LogP contribution in [0, 0.1) is 6.92 Å². The minimum Gasteiger partial charge on any atom is -0.395 e. The Morgan fingerprint density at radius 2 is 2.00 bits per heavy atom. The first-order chi connectivity index (χ1) is 10.2. The third kappa shape index (κ3) is 3.66. The molecule has 6 nitrogen and oxygen atoms in total. The zero-order valence-corrected chi connectivity index (χ0v) is 12.2. The fourth-order valence-electron chi connectivity index (χ4n) is 2.06. The van der Waals surface area contributed by atoms with E-state index in [1.165, 1.54) is 0 Å². The highest BCUT2D eigenvalue weighted by molar-refractivity contribution is 5.94. The van der Waals surface area contributed by atoms with Gasteiger partial charge in [0.15, 0.2) is 5.82 Å². The van der Waals surface area contributed by atoms with Crippen LogP contribution in [0.25, 0.3) is 11.5 Å². The molecule has 2 rings (SSSR count). The lowest BCUT2D eigenvalue weighted by atomic mass is 10.1. The summed E-state index contributed by atoms with van der Waals surface area (Å²) in [7, 11) is 0. The van der Waals surface area contributed by atoms with Crippen LogP contribution < -0.4 is 0 Å². The summed E-state index contributed by atoms with van der Waals surface area (Å²) in [6.45, 7) is 4.69. The van der Waals surface area contributed by atoms with Crippen LogP contribution in [0.5, 0.6) is 0 Å². The molecule has 6 heteroatoms. The first-order valence-electron chi connectivity index (χ1n) is 6.96. The Morgan fingerprint density at radius 1 is 1.29 bits per heavy atom. The van der Waals surface area contributed by atoms with Crippen molar-refractivity contribution in [1.82, 2.24) is 15.0 Å². The molecule has 0 aliphatic heterocycles. The predicted octanol–water partition coefficient (Wildman–Crippen LogP) is 1.89. The van der Waals surface area contributed by atoms with Crippen LogP contribution in [0.4, 0.5) is 0 Å². The highest BCUT2D eigenvalue weighted by atomic mass is 16.5. The highest BCUT2D eigenvalue weighted by Crippen LogP contribution is 2.18. The van der Waals surface area contributed by atoms with Crippen molar-refractivity contribution in [2.45, 2.75) is 20.3 Å². The molecule has 0 aliphatic carbocycles. The minimum absolute atomic E-state index is 0.0366. The van der Waals surface area contributed by atoms with E-state index >= 15 is 0 Å². The standard InChI is InChI=1S/C15H19N3O3/c1-3-8-18(9-10-19)15(20)13-6-4-12(5-7-13)14-16-11(2)17-21-14/h4-7,19H,3,8-10H2,1-2H3.